The molecule has 9 heteroatoms. The SMILES string of the molecule is Cc1ccc(C(=O)Oc2ccc([N+](=O)[O-])cc2/C=N/NC(=O)c2ccc(Br)cc2)cc1. The van der Waals surface area contributed by atoms with Crippen LogP contribution in [0, 0.1) is 17.0 Å². The Balaban J connectivity index is 1.80. The Morgan fingerprint density at radius 3 is 2.32 bits per heavy atom. The molecule has 1 amide bonds. The van der Waals surface area contributed by atoms with Gasteiger partial charge >= 0.3 is 5.97 Å². The summed E-state index contributed by atoms with van der Waals surface area (Å²) in [6.07, 6.45) is 1.18. The monoisotopic (exact) mass is 481 g/mol. The highest BCUT2D eigenvalue weighted by atomic mass is 79.9. The molecule has 156 valence electrons. The molecule has 0 spiro atoms. The average Bonchev–Trinajstić information content (AvgIpc) is 2.75. The lowest BCUT2D eigenvalue weighted by Gasteiger charge is -2.08. The Hall–Kier alpha value is -3.85. The number of benzene rings is 3. The number of amides is 1. The zero-order valence-electron chi connectivity index (χ0n) is 16.2. The van der Waals surface area contributed by atoms with E-state index in [1.165, 1.54) is 24.4 Å². The van der Waals surface area contributed by atoms with Crippen molar-refractivity contribution < 1.29 is 19.2 Å². The number of nitrogens with one attached hydrogen (secondary N) is 1. The van der Waals surface area contributed by atoms with Gasteiger partial charge in [0.1, 0.15) is 5.75 Å². The lowest BCUT2D eigenvalue weighted by atomic mass is 10.1. The van der Waals surface area contributed by atoms with Gasteiger partial charge in [0.05, 0.1) is 16.7 Å². The molecule has 8 nitrogen and oxygen atoms in total. The van der Waals surface area contributed by atoms with Crippen molar-refractivity contribution in [2.75, 3.05) is 0 Å². The molecule has 0 radical (unpaired) electrons. The molecule has 0 aliphatic carbocycles. The second-order valence-corrected chi connectivity index (χ2v) is 7.36. The van der Waals surface area contributed by atoms with Crippen molar-refractivity contribution in [3.63, 3.8) is 0 Å². The summed E-state index contributed by atoms with van der Waals surface area (Å²) in [7, 11) is 0. The van der Waals surface area contributed by atoms with Crippen LogP contribution < -0.4 is 10.2 Å². The lowest BCUT2D eigenvalue weighted by Crippen LogP contribution is -2.17. The summed E-state index contributed by atoms with van der Waals surface area (Å²) < 4.78 is 6.21. The van der Waals surface area contributed by atoms with Gasteiger partial charge in [-0.05, 0) is 49.4 Å². The number of rotatable bonds is 6. The summed E-state index contributed by atoms with van der Waals surface area (Å²) in [5, 5.41) is 15.0. The molecule has 0 fully saturated rings. The molecule has 0 aliphatic heterocycles. The standard InChI is InChI=1S/C22H16BrN3O5/c1-14-2-4-16(5-3-14)22(28)31-20-11-10-19(26(29)30)12-17(20)13-24-25-21(27)15-6-8-18(23)9-7-15/h2-13H,1H3,(H,25,27)/b24-13+. The van der Waals surface area contributed by atoms with Crippen molar-refractivity contribution in [3.8, 4) is 5.75 Å². The number of carbonyl (C=O) groups is 2. The smallest absolute Gasteiger partial charge is 0.343 e. The first-order valence-electron chi connectivity index (χ1n) is 9.00. The Morgan fingerprint density at radius 2 is 1.68 bits per heavy atom. The Bertz CT molecular complexity index is 1160. The van der Waals surface area contributed by atoms with E-state index in [2.05, 4.69) is 26.5 Å². The van der Waals surface area contributed by atoms with Crippen LogP contribution in [-0.2, 0) is 0 Å². The first-order chi connectivity index (χ1) is 14.8. The van der Waals surface area contributed by atoms with Crippen LogP contribution >= 0.6 is 15.9 Å². The van der Waals surface area contributed by atoms with E-state index in [0.717, 1.165) is 10.0 Å². The van der Waals surface area contributed by atoms with Gasteiger partial charge in [-0.25, -0.2) is 10.2 Å². The Kier molecular flexibility index (Phi) is 6.88. The number of aryl methyl sites for hydroxylation is 1. The number of hydrogen-bond donors (Lipinski definition) is 1. The molecule has 0 heterocycles. The fourth-order valence-electron chi connectivity index (χ4n) is 2.52. The van der Waals surface area contributed by atoms with E-state index in [1.54, 1.807) is 48.5 Å². The van der Waals surface area contributed by atoms with Crippen LogP contribution in [0.2, 0.25) is 0 Å². The second-order valence-electron chi connectivity index (χ2n) is 6.44. The van der Waals surface area contributed by atoms with Crippen molar-refractivity contribution in [2.45, 2.75) is 6.92 Å². The van der Waals surface area contributed by atoms with Crippen molar-refractivity contribution in [3.05, 3.63) is 104 Å². The van der Waals surface area contributed by atoms with Crippen LogP contribution in [-0.4, -0.2) is 23.0 Å². The van der Waals surface area contributed by atoms with Gasteiger partial charge in [0.25, 0.3) is 11.6 Å². The zero-order valence-corrected chi connectivity index (χ0v) is 17.8. The van der Waals surface area contributed by atoms with E-state index in [0.29, 0.717) is 11.1 Å². The van der Waals surface area contributed by atoms with Gasteiger partial charge in [-0.2, -0.15) is 5.10 Å². The van der Waals surface area contributed by atoms with Crippen LogP contribution in [0.25, 0.3) is 0 Å². The molecule has 31 heavy (non-hydrogen) atoms. The molecule has 3 rings (SSSR count). The van der Waals surface area contributed by atoms with Gasteiger partial charge in [0.2, 0.25) is 0 Å². The maximum atomic E-state index is 12.4. The summed E-state index contributed by atoms with van der Waals surface area (Å²) in [4.78, 5) is 35.1. The van der Waals surface area contributed by atoms with Crippen molar-refractivity contribution >= 4 is 39.7 Å². The first kappa shape index (κ1) is 21.8. The van der Waals surface area contributed by atoms with E-state index in [4.69, 9.17) is 4.74 Å². The van der Waals surface area contributed by atoms with Crippen molar-refractivity contribution in [1.29, 1.82) is 0 Å². The van der Waals surface area contributed by atoms with Crippen LogP contribution in [0.1, 0.15) is 31.8 Å². The summed E-state index contributed by atoms with van der Waals surface area (Å²) >= 11 is 3.29. The number of halogens is 1. The molecule has 0 saturated carbocycles. The molecule has 1 N–H and O–H groups in total. The summed E-state index contributed by atoms with van der Waals surface area (Å²) in [6, 6.07) is 17.1. The first-order valence-corrected chi connectivity index (χ1v) is 9.79. The third-order valence-corrected chi connectivity index (χ3v) is 4.70. The second kappa shape index (κ2) is 9.77. The minimum Gasteiger partial charge on any atom is -0.422 e. The fourth-order valence-corrected chi connectivity index (χ4v) is 2.78. The number of nitro benzene ring substituents is 1. The van der Waals surface area contributed by atoms with Gasteiger partial charge in [-0.15, -0.1) is 0 Å². The van der Waals surface area contributed by atoms with Crippen molar-refractivity contribution in [2.24, 2.45) is 5.10 Å². The van der Waals surface area contributed by atoms with Gasteiger partial charge in [0, 0.05) is 27.7 Å². The number of hydrazone groups is 1. The molecular formula is C22H16BrN3O5. The summed E-state index contributed by atoms with van der Waals surface area (Å²) in [5.41, 5.74) is 3.98. The molecular weight excluding hydrogens is 466 g/mol. The van der Waals surface area contributed by atoms with Crippen LogP contribution in [0.15, 0.2) is 76.3 Å². The lowest BCUT2D eigenvalue weighted by molar-refractivity contribution is -0.384. The van der Waals surface area contributed by atoms with E-state index < -0.39 is 16.8 Å². The largest absolute Gasteiger partial charge is 0.422 e. The number of nitro groups is 1. The predicted molar refractivity (Wildman–Crippen MR) is 118 cm³/mol. The molecule has 3 aromatic rings. The van der Waals surface area contributed by atoms with Crippen LogP contribution in [0.4, 0.5) is 5.69 Å². The van der Waals surface area contributed by atoms with E-state index in [1.807, 2.05) is 6.92 Å². The number of nitrogens with zero attached hydrogens (tertiary/aromatic N) is 2. The summed E-state index contributed by atoms with van der Waals surface area (Å²) in [6.45, 7) is 1.89. The molecule has 0 bridgehead atoms. The number of ether oxygens (including phenoxy) is 1. The number of non-ortho nitro benzene ring substituents is 1. The van der Waals surface area contributed by atoms with Crippen molar-refractivity contribution in [1.82, 2.24) is 5.43 Å². The normalized spacial score (nSPS) is 10.6. The minimum atomic E-state index is -0.623. The molecule has 3 aromatic carbocycles. The van der Waals surface area contributed by atoms with Crippen LogP contribution in [0.5, 0.6) is 5.75 Å². The van der Waals surface area contributed by atoms with Gasteiger partial charge < -0.3 is 4.74 Å². The number of hydrogen-bond acceptors (Lipinski definition) is 6. The molecule has 0 atom stereocenters. The summed E-state index contributed by atoms with van der Waals surface area (Å²) in [5.74, 6) is -1.02. The molecule has 0 aliphatic rings. The third kappa shape index (κ3) is 5.83. The highest BCUT2D eigenvalue weighted by molar-refractivity contribution is 9.10. The number of carbonyl (C=O) groups excluding carboxylic acids is 2. The quantitative estimate of drug-likeness (QED) is 0.181. The van der Waals surface area contributed by atoms with E-state index >= 15 is 0 Å². The third-order valence-electron chi connectivity index (χ3n) is 4.17. The predicted octanol–water partition coefficient (Wildman–Crippen LogP) is 4.65. The van der Waals surface area contributed by atoms with E-state index in [9.17, 15) is 19.7 Å². The van der Waals surface area contributed by atoms with Gasteiger partial charge in [0.15, 0.2) is 0 Å². The Morgan fingerprint density at radius 1 is 1.03 bits per heavy atom. The highest BCUT2D eigenvalue weighted by Crippen LogP contribution is 2.24. The van der Waals surface area contributed by atoms with Gasteiger partial charge in [-0.3, -0.25) is 14.9 Å². The Labute approximate surface area is 185 Å². The average molecular weight is 482 g/mol. The molecule has 0 saturated heterocycles. The maximum absolute atomic E-state index is 12.4. The molecule has 0 unspecified atom stereocenters. The topological polar surface area (TPSA) is 111 Å². The van der Waals surface area contributed by atoms with E-state index in [-0.39, 0.29) is 17.0 Å². The number of esters is 1. The minimum absolute atomic E-state index is 0.0674. The maximum Gasteiger partial charge on any atom is 0.343 e. The van der Waals surface area contributed by atoms with Gasteiger partial charge in [-0.1, -0.05) is 33.6 Å². The highest BCUT2D eigenvalue weighted by Gasteiger charge is 2.15. The molecule has 0 aromatic heterocycles. The zero-order chi connectivity index (χ0) is 22.4. The fraction of sp³-hybridized carbons (Fsp3) is 0.0455. The van der Waals surface area contributed by atoms with Crippen LogP contribution in [0.3, 0.4) is 0 Å².